The first-order valence-electron chi connectivity index (χ1n) is 13.5. The molecule has 0 aliphatic rings. The van der Waals surface area contributed by atoms with Gasteiger partial charge in [0.2, 0.25) is 0 Å². The fraction of sp³-hybridized carbons (Fsp3) is 0. The molecule has 0 atom stereocenters. The van der Waals surface area contributed by atoms with Gasteiger partial charge < -0.3 is 0 Å². The summed E-state index contributed by atoms with van der Waals surface area (Å²) in [6.45, 7) is 0. The van der Waals surface area contributed by atoms with Gasteiger partial charge in [-0.3, -0.25) is 9.13 Å². The first-order valence-corrected chi connectivity index (χ1v) is 13.5. The van der Waals surface area contributed by atoms with Crippen LogP contribution >= 0.6 is 0 Å². The second kappa shape index (κ2) is 9.87. The molecule has 0 spiro atoms. The van der Waals surface area contributed by atoms with Crippen molar-refractivity contribution in [2.24, 2.45) is 0 Å². The number of rotatable bonds is 5. The van der Waals surface area contributed by atoms with Crippen LogP contribution in [0.1, 0.15) is 0 Å². The van der Waals surface area contributed by atoms with E-state index in [4.69, 9.17) is 9.97 Å². The Morgan fingerprint density at radius 3 is 1.19 bits per heavy atom. The van der Waals surface area contributed by atoms with Gasteiger partial charge in [-0.1, -0.05) is 84.9 Å². The smallest absolute Gasteiger partial charge is 0.181 e. The Kier molecular flexibility index (Phi) is 5.60. The molecule has 8 aromatic rings. The minimum absolute atomic E-state index is 0.663. The number of hydrogen-bond donors (Lipinski definition) is 0. The average Bonchev–Trinajstić information content (AvgIpc) is 3.65. The molecule has 42 heavy (non-hydrogen) atoms. The normalized spacial score (nSPS) is 11.3. The van der Waals surface area contributed by atoms with Crippen molar-refractivity contribution in [1.82, 2.24) is 39.0 Å². The van der Waals surface area contributed by atoms with Crippen molar-refractivity contribution in [3.63, 3.8) is 0 Å². The summed E-state index contributed by atoms with van der Waals surface area (Å²) in [7, 11) is 0. The van der Waals surface area contributed by atoms with E-state index in [9.17, 15) is 0 Å². The SMILES string of the molecule is c1ccc(-n2c(-c3ccc(-c4ccc(-c5nc6ncncc6n5-c5ccccc5)cc4)cc3)nc3ncncc32)cc1. The van der Waals surface area contributed by atoms with Crippen LogP contribution in [-0.4, -0.2) is 39.0 Å². The molecule has 0 saturated heterocycles. The first kappa shape index (κ1) is 23.8. The highest BCUT2D eigenvalue weighted by atomic mass is 15.1. The third kappa shape index (κ3) is 4.01. The quantitative estimate of drug-likeness (QED) is 0.234. The maximum absolute atomic E-state index is 4.85. The molecule has 8 heteroatoms. The average molecular weight is 543 g/mol. The third-order valence-corrected chi connectivity index (χ3v) is 7.32. The second-order valence-electron chi connectivity index (χ2n) is 9.83. The Morgan fingerprint density at radius 1 is 0.405 bits per heavy atom. The molecule has 8 rings (SSSR count). The van der Waals surface area contributed by atoms with Crippen LogP contribution in [0.5, 0.6) is 0 Å². The Hall–Kier alpha value is -6.02. The topological polar surface area (TPSA) is 87.2 Å². The lowest BCUT2D eigenvalue weighted by Crippen LogP contribution is -1.98. The molecule has 0 bridgehead atoms. The van der Waals surface area contributed by atoms with Crippen LogP contribution < -0.4 is 0 Å². The molecule has 4 aromatic heterocycles. The van der Waals surface area contributed by atoms with Gasteiger partial charge in [-0.15, -0.1) is 0 Å². The largest absolute Gasteiger partial charge is 0.289 e. The van der Waals surface area contributed by atoms with E-state index >= 15 is 0 Å². The van der Waals surface area contributed by atoms with Crippen molar-refractivity contribution >= 4 is 22.3 Å². The maximum Gasteiger partial charge on any atom is 0.181 e. The van der Waals surface area contributed by atoms with Gasteiger partial charge in [0, 0.05) is 22.5 Å². The summed E-state index contributed by atoms with van der Waals surface area (Å²) in [5.74, 6) is 1.64. The molecule has 0 aliphatic heterocycles. The van der Waals surface area contributed by atoms with Gasteiger partial charge in [0.1, 0.15) is 35.3 Å². The third-order valence-electron chi connectivity index (χ3n) is 7.32. The number of benzene rings is 4. The van der Waals surface area contributed by atoms with E-state index in [1.807, 2.05) is 36.4 Å². The van der Waals surface area contributed by atoms with Gasteiger partial charge in [0.25, 0.3) is 0 Å². The minimum atomic E-state index is 0.663. The summed E-state index contributed by atoms with van der Waals surface area (Å²) >= 11 is 0. The summed E-state index contributed by atoms with van der Waals surface area (Å²) in [5, 5.41) is 0. The fourth-order valence-corrected chi connectivity index (χ4v) is 5.34. The Bertz CT molecular complexity index is 2010. The zero-order chi connectivity index (χ0) is 27.9. The van der Waals surface area contributed by atoms with Gasteiger partial charge in [0.05, 0.1) is 12.4 Å². The highest BCUT2D eigenvalue weighted by molar-refractivity contribution is 5.82. The molecule has 0 unspecified atom stereocenters. The van der Waals surface area contributed by atoms with Crippen molar-refractivity contribution in [2.45, 2.75) is 0 Å². The highest BCUT2D eigenvalue weighted by Crippen LogP contribution is 2.32. The zero-order valence-electron chi connectivity index (χ0n) is 22.3. The van der Waals surface area contributed by atoms with Crippen LogP contribution in [0, 0.1) is 0 Å². The van der Waals surface area contributed by atoms with Crippen LogP contribution in [0.25, 0.3) is 67.6 Å². The van der Waals surface area contributed by atoms with Crippen LogP contribution in [-0.2, 0) is 0 Å². The van der Waals surface area contributed by atoms with Gasteiger partial charge in [-0.05, 0) is 35.4 Å². The van der Waals surface area contributed by atoms with E-state index in [2.05, 4.69) is 102 Å². The van der Waals surface area contributed by atoms with Gasteiger partial charge >= 0.3 is 0 Å². The lowest BCUT2D eigenvalue weighted by Gasteiger charge is -2.11. The molecule has 4 heterocycles. The van der Waals surface area contributed by atoms with Crippen molar-refractivity contribution in [2.75, 3.05) is 0 Å². The molecule has 0 fully saturated rings. The van der Waals surface area contributed by atoms with Gasteiger partial charge in [-0.2, -0.15) is 0 Å². The second-order valence-corrected chi connectivity index (χ2v) is 9.83. The molecular formula is C34H22N8. The minimum Gasteiger partial charge on any atom is -0.289 e. The number of fused-ring (bicyclic) bond motifs is 2. The number of para-hydroxylation sites is 2. The van der Waals surface area contributed by atoms with Crippen LogP contribution in [0.15, 0.2) is 134 Å². The summed E-state index contributed by atoms with van der Waals surface area (Å²) in [6.07, 6.45) is 6.67. The number of nitrogens with zero attached hydrogens (tertiary/aromatic N) is 8. The van der Waals surface area contributed by atoms with Crippen LogP contribution in [0.3, 0.4) is 0 Å². The molecule has 0 radical (unpaired) electrons. The van der Waals surface area contributed by atoms with E-state index < -0.39 is 0 Å². The molecular weight excluding hydrogens is 520 g/mol. The van der Waals surface area contributed by atoms with Crippen LogP contribution in [0.4, 0.5) is 0 Å². The fourth-order valence-electron chi connectivity index (χ4n) is 5.34. The van der Waals surface area contributed by atoms with Gasteiger partial charge in [-0.25, -0.2) is 29.9 Å². The monoisotopic (exact) mass is 542 g/mol. The maximum atomic E-state index is 4.85. The number of aromatic nitrogens is 8. The Balaban J connectivity index is 1.16. The molecule has 8 nitrogen and oxygen atoms in total. The molecule has 4 aromatic carbocycles. The standard InChI is InChI=1S/C34H22N8/c1-3-7-27(8-4-1)41-29-19-35-21-37-31(29)39-33(41)25-15-11-23(12-16-25)24-13-17-26(18-14-24)34-40-32-30(20-36-22-38-32)42(34)28-9-5-2-6-10-28/h1-22H. The summed E-state index contributed by atoms with van der Waals surface area (Å²) in [6, 6.07) is 37.2. The summed E-state index contributed by atoms with van der Waals surface area (Å²) in [4.78, 5) is 27.0. The predicted molar refractivity (Wildman–Crippen MR) is 163 cm³/mol. The summed E-state index contributed by atoms with van der Waals surface area (Å²) < 4.78 is 4.20. The van der Waals surface area contributed by atoms with E-state index in [0.29, 0.717) is 11.3 Å². The summed E-state index contributed by atoms with van der Waals surface area (Å²) in [5.41, 5.74) is 9.28. The van der Waals surface area contributed by atoms with E-state index in [0.717, 1.165) is 56.3 Å². The Morgan fingerprint density at radius 2 is 0.786 bits per heavy atom. The van der Waals surface area contributed by atoms with Crippen LogP contribution in [0.2, 0.25) is 0 Å². The zero-order valence-corrected chi connectivity index (χ0v) is 22.3. The molecule has 198 valence electrons. The van der Waals surface area contributed by atoms with Crippen molar-refractivity contribution < 1.29 is 0 Å². The van der Waals surface area contributed by atoms with E-state index in [1.165, 1.54) is 12.7 Å². The lowest BCUT2D eigenvalue weighted by atomic mass is 10.0. The van der Waals surface area contributed by atoms with E-state index in [-0.39, 0.29) is 0 Å². The molecule has 0 saturated carbocycles. The highest BCUT2D eigenvalue weighted by Gasteiger charge is 2.17. The van der Waals surface area contributed by atoms with Crippen molar-refractivity contribution in [3.8, 4) is 45.3 Å². The lowest BCUT2D eigenvalue weighted by molar-refractivity contribution is 1.10. The molecule has 0 N–H and O–H groups in total. The number of hydrogen-bond acceptors (Lipinski definition) is 6. The molecule has 0 aliphatic carbocycles. The van der Waals surface area contributed by atoms with Crippen molar-refractivity contribution in [3.05, 3.63) is 134 Å². The number of imidazole rings is 2. The Labute approximate surface area is 240 Å². The van der Waals surface area contributed by atoms with E-state index in [1.54, 1.807) is 12.4 Å². The predicted octanol–water partition coefficient (Wildman–Crippen LogP) is 6.95. The van der Waals surface area contributed by atoms with Crippen molar-refractivity contribution in [1.29, 1.82) is 0 Å². The van der Waals surface area contributed by atoms with Gasteiger partial charge in [0.15, 0.2) is 11.3 Å². The first-order chi connectivity index (χ1) is 20.8. The molecule has 0 amide bonds.